The van der Waals surface area contributed by atoms with Crippen molar-refractivity contribution in [2.75, 3.05) is 31.1 Å². The van der Waals surface area contributed by atoms with E-state index in [2.05, 4.69) is 56.1 Å². The minimum absolute atomic E-state index is 0.746. The second-order valence-corrected chi connectivity index (χ2v) is 6.39. The zero-order valence-corrected chi connectivity index (χ0v) is 12.9. The van der Waals surface area contributed by atoms with E-state index in [1.54, 1.807) is 0 Å². The number of anilines is 1. The standard InChI is InChI=1S/C17H28N2/c1-13(2)10-18-11-16-8-9-19(12-16)17-14(3)6-5-7-15(17)4/h5-7,13,16,18H,8-12H2,1-4H3. The SMILES string of the molecule is Cc1cccc(C)c1N1CCC(CNCC(C)C)C1. The van der Waals surface area contributed by atoms with Gasteiger partial charge in [-0.25, -0.2) is 0 Å². The highest BCUT2D eigenvalue weighted by atomic mass is 15.2. The molecule has 1 unspecified atom stereocenters. The van der Waals surface area contributed by atoms with Gasteiger partial charge in [0.25, 0.3) is 0 Å². The Balaban J connectivity index is 1.91. The molecule has 2 rings (SSSR count). The molecule has 1 fully saturated rings. The van der Waals surface area contributed by atoms with Gasteiger partial charge in [0.2, 0.25) is 0 Å². The molecule has 1 aromatic carbocycles. The van der Waals surface area contributed by atoms with E-state index in [0.29, 0.717) is 0 Å². The first-order valence-corrected chi connectivity index (χ1v) is 7.59. The second kappa shape index (κ2) is 6.42. The van der Waals surface area contributed by atoms with Gasteiger partial charge in [0.15, 0.2) is 0 Å². The molecule has 0 saturated carbocycles. The van der Waals surface area contributed by atoms with Crippen LogP contribution in [0.1, 0.15) is 31.4 Å². The van der Waals surface area contributed by atoms with Crippen molar-refractivity contribution in [3.8, 4) is 0 Å². The maximum Gasteiger partial charge on any atom is 0.0425 e. The zero-order valence-electron chi connectivity index (χ0n) is 12.9. The summed E-state index contributed by atoms with van der Waals surface area (Å²) < 4.78 is 0. The summed E-state index contributed by atoms with van der Waals surface area (Å²) in [6.45, 7) is 13.7. The molecular formula is C17H28N2. The second-order valence-electron chi connectivity index (χ2n) is 6.39. The Kier molecular flexibility index (Phi) is 4.87. The molecule has 1 aromatic rings. The third-order valence-electron chi connectivity index (χ3n) is 4.03. The lowest BCUT2D eigenvalue weighted by atomic mass is 10.1. The van der Waals surface area contributed by atoms with E-state index in [1.165, 1.54) is 42.9 Å². The zero-order chi connectivity index (χ0) is 13.8. The van der Waals surface area contributed by atoms with Crippen molar-refractivity contribution >= 4 is 5.69 Å². The molecule has 0 aliphatic carbocycles. The molecule has 1 saturated heterocycles. The van der Waals surface area contributed by atoms with Crippen molar-refractivity contribution in [3.05, 3.63) is 29.3 Å². The largest absolute Gasteiger partial charge is 0.371 e. The normalized spacial score (nSPS) is 19.4. The van der Waals surface area contributed by atoms with Gasteiger partial charge < -0.3 is 10.2 Å². The fourth-order valence-electron chi connectivity index (χ4n) is 3.08. The predicted octanol–water partition coefficient (Wildman–Crippen LogP) is 3.38. The summed E-state index contributed by atoms with van der Waals surface area (Å²) in [4.78, 5) is 2.58. The number of rotatable bonds is 5. The molecule has 0 bridgehead atoms. The summed E-state index contributed by atoms with van der Waals surface area (Å²) in [5.74, 6) is 1.55. The Morgan fingerprint density at radius 2 is 1.95 bits per heavy atom. The fourth-order valence-corrected chi connectivity index (χ4v) is 3.08. The van der Waals surface area contributed by atoms with E-state index >= 15 is 0 Å². The molecule has 2 heteroatoms. The van der Waals surface area contributed by atoms with Gasteiger partial charge in [-0.1, -0.05) is 32.0 Å². The number of para-hydroxylation sites is 1. The molecule has 1 N–H and O–H groups in total. The topological polar surface area (TPSA) is 15.3 Å². The van der Waals surface area contributed by atoms with Crippen molar-refractivity contribution < 1.29 is 0 Å². The van der Waals surface area contributed by atoms with Crippen LogP contribution in [0.3, 0.4) is 0 Å². The summed E-state index contributed by atoms with van der Waals surface area (Å²) in [6, 6.07) is 6.62. The van der Waals surface area contributed by atoms with Crippen molar-refractivity contribution in [2.24, 2.45) is 11.8 Å². The van der Waals surface area contributed by atoms with Crippen LogP contribution in [0.25, 0.3) is 0 Å². The summed E-state index contributed by atoms with van der Waals surface area (Å²) in [7, 11) is 0. The summed E-state index contributed by atoms with van der Waals surface area (Å²) in [5.41, 5.74) is 4.29. The van der Waals surface area contributed by atoms with E-state index in [1.807, 2.05) is 0 Å². The minimum atomic E-state index is 0.746. The molecule has 0 radical (unpaired) electrons. The summed E-state index contributed by atoms with van der Waals surface area (Å²) in [5, 5.41) is 3.60. The number of hydrogen-bond acceptors (Lipinski definition) is 2. The van der Waals surface area contributed by atoms with Gasteiger partial charge in [-0.15, -0.1) is 0 Å². The molecule has 106 valence electrons. The number of nitrogens with one attached hydrogen (secondary N) is 1. The highest BCUT2D eigenvalue weighted by Crippen LogP contribution is 2.29. The smallest absolute Gasteiger partial charge is 0.0425 e. The third kappa shape index (κ3) is 3.73. The molecule has 2 nitrogen and oxygen atoms in total. The molecule has 19 heavy (non-hydrogen) atoms. The van der Waals surface area contributed by atoms with Crippen LogP contribution in [-0.4, -0.2) is 26.2 Å². The Morgan fingerprint density at radius 3 is 2.58 bits per heavy atom. The van der Waals surface area contributed by atoms with Gasteiger partial charge in [-0.2, -0.15) is 0 Å². The molecular weight excluding hydrogens is 232 g/mol. The average Bonchev–Trinajstić information content (AvgIpc) is 2.77. The Labute approximate surface area is 118 Å². The van der Waals surface area contributed by atoms with E-state index in [-0.39, 0.29) is 0 Å². The number of hydrogen-bond donors (Lipinski definition) is 1. The summed E-state index contributed by atoms with van der Waals surface area (Å²) in [6.07, 6.45) is 1.32. The Bertz CT molecular complexity index is 391. The number of aryl methyl sites for hydroxylation is 2. The Morgan fingerprint density at radius 1 is 1.26 bits per heavy atom. The first-order chi connectivity index (χ1) is 9.08. The van der Waals surface area contributed by atoms with Crippen molar-refractivity contribution in [2.45, 2.75) is 34.1 Å². The molecule has 1 atom stereocenters. The molecule has 0 spiro atoms. The van der Waals surface area contributed by atoms with Crippen molar-refractivity contribution in [1.82, 2.24) is 5.32 Å². The van der Waals surface area contributed by atoms with Crippen LogP contribution in [0, 0.1) is 25.7 Å². The first-order valence-electron chi connectivity index (χ1n) is 7.59. The van der Waals surface area contributed by atoms with Crippen molar-refractivity contribution in [3.63, 3.8) is 0 Å². The lowest BCUT2D eigenvalue weighted by Gasteiger charge is -2.23. The van der Waals surface area contributed by atoms with Crippen LogP contribution in [0.4, 0.5) is 5.69 Å². The number of benzene rings is 1. The summed E-state index contributed by atoms with van der Waals surface area (Å²) >= 11 is 0. The Hall–Kier alpha value is -1.02. The van der Waals surface area contributed by atoms with Crippen LogP contribution in [0.5, 0.6) is 0 Å². The lowest BCUT2D eigenvalue weighted by molar-refractivity contribution is 0.477. The van der Waals surface area contributed by atoms with E-state index in [9.17, 15) is 0 Å². The highest BCUT2D eigenvalue weighted by molar-refractivity contribution is 5.59. The van der Waals surface area contributed by atoms with E-state index in [0.717, 1.165) is 18.4 Å². The van der Waals surface area contributed by atoms with Crippen molar-refractivity contribution in [1.29, 1.82) is 0 Å². The number of nitrogens with zero attached hydrogens (tertiary/aromatic N) is 1. The van der Waals surface area contributed by atoms with Gasteiger partial charge in [0, 0.05) is 18.8 Å². The van der Waals surface area contributed by atoms with Crippen LogP contribution >= 0.6 is 0 Å². The monoisotopic (exact) mass is 260 g/mol. The van der Waals surface area contributed by atoms with Crippen LogP contribution < -0.4 is 10.2 Å². The van der Waals surface area contributed by atoms with Gasteiger partial charge >= 0.3 is 0 Å². The van der Waals surface area contributed by atoms with E-state index < -0.39 is 0 Å². The average molecular weight is 260 g/mol. The molecule has 1 aliphatic rings. The van der Waals surface area contributed by atoms with Gasteiger partial charge in [0.05, 0.1) is 0 Å². The van der Waals surface area contributed by atoms with Gasteiger partial charge in [-0.3, -0.25) is 0 Å². The van der Waals surface area contributed by atoms with E-state index in [4.69, 9.17) is 0 Å². The third-order valence-corrected chi connectivity index (χ3v) is 4.03. The first kappa shape index (κ1) is 14.4. The van der Waals surface area contributed by atoms with Crippen LogP contribution in [0.15, 0.2) is 18.2 Å². The quantitative estimate of drug-likeness (QED) is 0.873. The fraction of sp³-hybridized carbons (Fsp3) is 0.647. The lowest BCUT2D eigenvalue weighted by Crippen LogP contribution is -2.29. The van der Waals surface area contributed by atoms with Gasteiger partial charge in [-0.05, 0) is 56.3 Å². The maximum absolute atomic E-state index is 3.60. The maximum atomic E-state index is 3.60. The highest BCUT2D eigenvalue weighted by Gasteiger charge is 2.24. The minimum Gasteiger partial charge on any atom is -0.371 e. The molecule has 1 heterocycles. The van der Waals surface area contributed by atoms with Crippen LogP contribution in [-0.2, 0) is 0 Å². The predicted molar refractivity (Wildman–Crippen MR) is 83.9 cm³/mol. The molecule has 1 aliphatic heterocycles. The molecule has 0 aromatic heterocycles. The van der Waals surface area contributed by atoms with Gasteiger partial charge in [0.1, 0.15) is 0 Å². The molecule has 0 amide bonds. The van der Waals surface area contributed by atoms with Crippen LogP contribution in [0.2, 0.25) is 0 Å².